The molecule has 5 rings (SSSR count). The molecule has 1 aliphatic heterocycles. The normalized spacial score (nSPS) is 14.4. The zero-order valence-electron chi connectivity index (χ0n) is 17.0. The first-order valence-corrected chi connectivity index (χ1v) is 9.52. The molecule has 0 spiro atoms. The van der Waals surface area contributed by atoms with Crippen molar-refractivity contribution in [2.24, 2.45) is 7.05 Å². The minimum absolute atomic E-state index is 0. The van der Waals surface area contributed by atoms with Gasteiger partial charge in [0.2, 0.25) is 0 Å². The number of anilines is 3. The van der Waals surface area contributed by atoms with Crippen LogP contribution in [0.15, 0.2) is 85.2 Å². The summed E-state index contributed by atoms with van der Waals surface area (Å²) in [5, 5.41) is 0. The number of para-hydroxylation sites is 3. The van der Waals surface area contributed by atoms with Crippen LogP contribution in [0.4, 0.5) is 17.1 Å². The summed E-state index contributed by atoms with van der Waals surface area (Å²) in [6, 6.07) is 30.6. The van der Waals surface area contributed by atoms with E-state index in [0.717, 1.165) is 17.1 Å². The molecular formula is C25H23IrN4. The Hall–Kier alpha value is -2.88. The van der Waals surface area contributed by atoms with E-state index in [1.807, 2.05) is 60.3 Å². The van der Waals surface area contributed by atoms with Gasteiger partial charge in [-0.15, -0.1) is 42.0 Å². The van der Waals surface area contributed by atoms with Crippen molar-refractivity contribution < 1.29 is 20.1 Å². The van der Waals surface area contributed by atoms with Gasteiger partial charge >= 0.3 is 20.1 Å². The number of nitrogens with zero attached hydrogens (tertiary/aromatic N) is 4. The molecule has 152 valence electrons. The predicted octanol–water partition coefficient (Wildman–Crippen LogP) is 5.12. The fraction of sp³-hybridized carbons (Fsp3) is 0.120. The zero-order valence-corrected chi connectivity index (χ0v) is 19.4. The maximum absolute atomic E-state index is 4.22. The Morgan fingerprint density at radius 1 is 0.867 bits per heavy atom. The Bertz CT molecular complexity index is 1060. The smallest absolute Gasteiger partial charge is 0.381 e. The van der Waals surface area contributed by atoms with Gasteiger partial charge in [0.1, 0.15) is 0 Å². The van der Waals surface area contributed by atoms with Crippen LogP contribution in [0.1, 0.15) is 0 Å². The van der Waals surface area contributed by atoms with E-state index < -0.39 is 0 Å². The fourth-order valence-corrected chi connectivity index (χ4v) is 3.44. The van der Waals surface area contributed by atoms with E-state index in [1.165, 1.54) is 11.4 Å². The Balaban J connectivity index is 0.000000175. The molecule has 3 aromatic carbocycles. The Morgan fingerprint density at radius 2 is 1.53 bits per heavy atom. The fourth-order valence-electron chi connectivity index (χ4n) is 3.44. The molecule has 0 saturated carbocycles. The van der Waals surface area contributed by atoms with Gasteiger partial charge in [-0.25, -0.2) is 0 Å². The summed E-state index contributed by atoms with van der Waals surface area (Å²) in [5.41, 5.74) is 4.50. The first-order chi connectivity index (χ1) is 14.2. The number of imidazole rings is 1. The van der Waals surface area contributed by atoms with Crippen LogP contribution in [0, 0.1) is 19.1 Å². The molecule has 4 nitrogen and oxygen atoms in total. The van der Waals surface area contributed by atoms with Gasteiger partial charge in [0.15, 0.2) is 0 Å². The number of rotatable bonds is 2. The quantitative estimate of drug-likeness (QED) is 0.312. The van der Waals surface area contributed by atoms with Crippen molar-refractivity contribution in [1.29, 1.82) is 0 Å². The topological polar surface area (TPSA) is 24.3 Å². The minimum atomic E-state index is 0. The van der Waals surface area contributed by atoms with E-state index in [-0.39, 0.29) is 26.3 Å². The number of aryl methyl sites for hydroxylation is 1. The molecule has 0 saturated heterocycles. The molecule has 0 amide bonds. The summed E-state index contributed by atoms with van der Waals surface area (Å²) in [6.45, 7) is 4.22. The molecule has 2 heterocycles. The van der Waals surface area contributed by atoms with Crippen LogP contribution >= 0.6 is 0 Å². The molecule has 5 heteroatoms. The first-order valence-electron chi connectivity index (χ1n) is 9.52. The standard InChI is InChI=1S/C15H14N2.C10H9N2.Ir/c1-12-16(2)14-10-6-7-11-15(14)17(12)13-8-4-3-5-9-13;1-12-8-7-11-10(12)9-5-3-2-4-6-9;/h3-8,10-12H,1H2,2H3;2-5,7-8H,1H3;/q-2;-1;+3. The summed E-state index contributed by atoms with van der Waals surface area (Å²) < 4.78 is 1.98. The summed E-state index contributed by atoms with van der Waals surface area (Å²) in [6.07, 6.45) is 3.79. The van der Waals surface area contributed by atoms with Gasteiger partial charge in [0.05, 0.1) is 17.2 Å². The molecule has 0 bridgehead atoms. The number of hydrogen-bond acceptors (Lipinski definition) is 3. The van der Waals surface area contributed by atoms with Crippen LogP contribution in [0.25, 0.3) is 11.4 Å². The summed E-state index contributed by atoms with van der Waals surface area (Å²) >= 11 is 0. The van der Waals surface area contributed by atoms with Crippen molar-refractivity contribution in [3.05, 3.63) is 104 Å². The number of fused-ring (bicyclic) bond motifs is 1. The second-order valence-electron chi connectivity index (χ2n) is 6.84. The largest absolute Gasteiger partial charge is 3.00 e. The first kappa shape index (κ1) is 21.8. The van der Waals surface area contributed by atoms with E-state index in [9.17, 15) is 0 Å². The van der Waals surface area contributed by atoms with Crippen molar-refractivity contribution in [3.63, 3.8) is 0 Å². The predicted molar refractivity (Wildman–Crippen MR) is 119 cm³/mol. The Kier molecular flexibility index (Phi) is 7.09. The van der Waals surface area contributed by atoms with Gasteiger partial charge in [-0.1, -0.05) is 17.8 Å². The van der Waals surface area contributed by atoms with Crippen LogP contribution in [0.3, 0.4) is 0 Å². The van der Waals surface area contributed by atoms with Gasteiger partial charge in [-0.2, -0.15) is 24.3 Å². The Morgan fingerprint density at radius 3 is 2.13 bits per heavy atom. The molecule has 1 atom stereocenters. The molecule has 0 fully saturated rings. The number of aromatic nitrogens is 2. The Labute approximate surface area is 192 Å². The van der Waals surface area contributed by atoms with Crippen LogP contribution in [-0.2, 0) is 27.2 Å². The van der Waals surface area contributed by atoms with Crippen molar-refractivity contribution in [2.45, 2.75) is 6.17 Å². The molecular weight excluding hydrogens is 549 g/mol. The maximum Gasteiger partial charge on any atom is 3.00 e. The van der Waals surface area contributed by atoms with Gasteiger partial charge < -0.3 is 21.3 Å². The van der Waals surface area contributed by atoms with E-state index in [4.69, 9.17) is 0 Å². The van der Waals surface area contributed by atoms with Crippen molar-refractivity contribution in [2.75, 3.05) is 16.8 Å². The molecule has 1 unspecified atom stereocenters. The van der Waals surface area contributed by atoms with Crippen molar-refractivity contribution in [1.82, 2.24) is 9.55 Å². The zero-order chi connectivity index (χ0) is 20.2. The number of hydrogen-bond donors (Lipinski definition) is 0. The SMILES string of the molecule is Cn1ccnc1-c1[c-]cccc1.[CH2-]C1N(C)c2ccccc2N1c1[c-]cccc1.[Ir+3]. The third-order valence-electron chi connectivity index (χ3n) is 4.99. The molecule has 0 aliphatic carbocycles. The second-order valence-corrected chi connectivity index (χ2v) is 6.84. The van der Waals surface area contributed by atoms with Crippen LogP contribution in [0.5, 0.6) is 0 Å². The van der Waals surface area contributed by atoms with E-state index in [2.05, 4.69) is 71.2 Å². The molecule has 0 N–H and O–H groups in total. The number of benzene rings is 3. The molecule has 4 aromatic rings. The average Bonchev–Trinajstić information content (AvgIpc) is 3.31. The van der Waals surface area contributed by atoms with Crippen LogP contribution < -0.4 is 9.80 Å². The maximum atomic E-state index is 4.22. The molecule has 1 aliphatic rings. The minimum Gasteiger partial charge on any atom is -0.381 e. The van der Waals surface area contributed by atoms with E-state index in [1.54, 1.807) is 6.20 Å². The van der Waals surface area contributed by atoms with Crippen molar-refractivity contribution in [3.8, 4) is 11.4 Å². The van der Waals surface area contributed by atoms with Crippen LogP contribution in [-0.4, -0.2) is 22.8 Å². The third-order valence-corrected chi connectivity index (χ3v) is 4.99. The molecule has 30 heavy (non-hydrogen) atoms. The van der Waals surface area contributed by atoms with Gasteiger partial charge in [0, 0.05) is 26.5 Å². The molecule has 1 aromatic heterocycles. The van der Waals surface area contributed by atoms with Gasteiger partial charge in [-0.05, 0) is 18.3 Å². The van der Waals surface area contributed by atoms with E-state index in [0.29, 0.717) is 0 Å². The van der Waals surface area contributed by atoms with Gasteiger partial charge in [0.25, 0.3) is 0 Å². The van der Waals surface area contributed by atoms with E-state index >= 15 is 0 Å². The molecule has 0 radical (unpaired) electrons. The summed E-state index contributed by atoms with van der Waals surface area (Å²) in [7, 11) is 4.04. The van der Waals surface area contributed by atoms with Gasteiger partial charge in [-0.3, -0.25) is 4.98 Å². The van der Waals surface area contributed by atoms with Crippen molar-refractivity contribution >= 4 is 17.1 Å². The third kappa shape index (κ3) is 4.33. The summed E-state index contributed by atoms with van der Waals surface area (Å²) in [4.78, 5) is 8.60. The second kappa shape index (κ2) is 9.75. The van der Waals surface area contributed by atoms with Crippen LogP contribution in [0.2, 0.25) is 0 Å². The average molecular weight is 572 g/mol. The monoisotopic (exact) mass is 572 g/mol. The summed E-state index contributed by atoms with van der Waals surface area (Å²) in [5.74, 6) is 0.954.